The molecule has 0 amide bonds. The van der Waals surface area contributed by atoms with E-state index in [-0.39, 0.29) is 5.69 Å². The number of nitrogens with zero attached hydrogens (tertiary/aromatic N) is 1. The van der Waals surface area contributed by atoms with Gasteiger partial charge in [0.05, 0.1) is 4.92 Å². The van der Waals surface area contributed by atoms with Gasteiger partial charge in [0.25, 0.3) is 5.69 Å². The molecule has 4 heteroatoms. The highest BCUT2D eigenvalue weighted by atomic mass is 16.6. The number of benzene rings is 3. The number of aryl methyl sites for hydroxylation is 3. The zero-order valence-electron chi connectivity index (χ0n) is 13.3. The summed E-state index contributed by atoms with van der Waals surface area (Å²) in [6.45, 7) is 1.70. The minimum Gasteiger partial charge on any atom is -0.384 e. The molecule has 0 radical (unpaired) electrons. The minimum absolute atomic E-state index is 0.0393. The Morgan fingerprint density at radius 1 is 1.08 bits per heavy atom. The van der Waals surface area contributed by atoms with Crippen molar-refractivity contribution in [1.29, 1.82) is 0 Å². The van der Waals surface area contributed by atoms with Crippen LogP contribution in [0.4, 0.5) is 5.69 Å². The quantitative estimate of drug-likeness (QED) is 0.580. The molecule has 0 saturated carbocycles. The SMILES string of the molecule is Cc1ccc([C@H](O)c2ccc3c4c(cccc24)CC3)cc1[N+](=O)[O-]. The number of aliphatic hydroxyl groups is 1. The van der Waals surface area contributed by atoms with E-state index in [1.807, 2.05) is 18.2 Å². The molecular weight excluding hydrogens is 302 g/mol. The third-order valence-electron chi connectivity index (χ3n) is 4.95. The van der Waals surface area contributed by atoms with Crippen LogP contribution in [0.1, 0.15) is 33.9 Å². The highest BCUT2D eigenvalue weighted by Crippen LogP contribution is 2.37. The molecule has 1 aliphatic carbocycles. The average Bonchev–Trinajstić information content (AvgIpc) is 3.00. The van der Waals surface area contributed by atoms with Crippen LogP contribution in [0.2, 0.25) is 0 Å². The summed E-state index contributed by atoms with van der Waals surface area (Å²) in [6.07, 6.45) is 1.18. The Kier molecular flexibility index (Phi) is 3.36. The van der Waals surface area contributed by atoms with Crippen LogP contribution in [0.25, 0.3) is 10.8 Å². The van der Waals surface area contributed by atoms with E-state index in [2.05, 4.69) is 12.1 Å². The molecule has 4 rings (SSSR count). The topological polar surface area (TPSA) is 63.4 Å². The Balaban J connectivity index is 1.87. The van der Waals surface area contributed by atoms with Gasteiger partial charge in [-0.25, -0.2) is 0 Å². The fraction of sp³-hybridized carbons (Fsp3) is 0.200. The molecule has 1 N–H and O–H groups in total. The second kappa shape index (κ2) is 5.42. The fourth-order valence-electron chi connectivity index (χ4n) is 3.68. The molecule has 3 aromatic carbocycles. The lowest BCUT2D eigenvalue weighted by molar-refractivity contribution is -0.385. The molecule has 24 heavy (non-hydrogen) atoms. The van der Waals surface area contributed by atoms with Gasteiger partial charge in [0.1, 0.15) is 6.10 Å². The summed E-state index contributed by atoms with van der Waals surface area (Å²) in [5, 5.41) is 24.3. The Morgan fingerprint density at radius 2 is 1.83 bits per heavy atom. The van der Waals surface area contributed by atoms with Crippen molar-refractivity contribution in [2.75, 3.05) is 0 Å². The van der Waals surface area contributed by atoms with E-state index in [1.165, 1.54) is 22.6 Å². The molecule has 4 nitrogen and oxygen atoms in total. The van der Waals surface area contributed by atoms with Crippen molar-refractivity contribution in [2.24, 2.45) is 0 Å². The second-order valence-electron chi connectivity index (χ2n) is 6.36. The molecule has 0 unspecified atom stereocenters. The van der Waals surface area contributed by atoms with Gasteiger partial charge in [-0.3, -0.25) is 10.1 Å². The van der Waals surface area contributed by atoms with Gasteiger partial charge < -0.3 is 5.11 Å². The highest BCUT2D eigenvalue weighted by molar-refractivity contribution is 5.93. The largest absolute Gasteiger partial charge is 0.384 e. The molecule has 0 saturated heterocycles. The predicted molar refractivity (Wildman–Crippen MR) is 93.3 cm³/mol. The van der Waals surface area contributed by atoms with Crippen molar-refractivity contribution in [3.05, 3.63) is 86.5 Å². The summed E-state index contributed by atoms with van der Waals surface area (Å²) in [5.74, 6) is 0. The fourth-order valence-corrected chi connectivity index (χ4v) is 3.68. The lowest BCUT2D eigenvalue weighted by Gasteiger charge is -2.16. The van der Waals surface area contributed by atoms with Crippen LogP contribution in [0.15, 0.2) is 48.5 Å². The van der Waals surface area contributed by atoms with E-state index in [9.17, 15) is 15.2 Å². The first-order valence-corrected chi connectivity index (χ1v) is 8.02. The van der Waals surface area contributed by atoms with Crippen molar-refractivity contribution in [1.82, 2.24) is 0 Å². The standard InChI is InChI=1S/C20H17NO3/c1-12-5-6-15(11-18(12)21(23)24)20(22)17-10-9-14-8-7-13-3-2-4-16(17)19(13)14/h2-6,9-11,20,22H,7-8H2,1H3/t20-/m0/s1. The number of nitro benzene ring substituents is 1. The van der Waals surface area contributed by atoms with Gasteiger partial charge in [0.15, 0.2) is 0 Å². The molecule has 1 atom stereocenters. The molecule has 0 fully saturated rings. The summed E-state index contributed by atoms with van der Waals surface area (Å²) >= 11 is 0. The molecule has 3 aromatic rings. The normalized spacial score (nSPS) is 14.1. The van der Waals surface area contributed by atoms with Gasteiger partial charge in [-0.15, -0.1) is 0 Å². The minimum atomic E-state index is -0.880. The molecular formula is C20H17NO3. The zero-order valence-corrected chi connectivity index (χ0v) is 13.3. The number of hydrogen-bond acceptors (Lipinski definition) is 3. The van der Waals surface area contributed by atoms with Gasteiger partial charge >= 0.3 is 0 Å². The van der Waals surface area contributed by atoms with Crippen LogP contribution in [-0.2, 0) is 12.8 Å². The van der Waals surface area contributed by atoms with E-state index in [0.717, 1.165) is 23.8 Å². The second-order valence-corrected chi connectivity index (χ2v) is 6.36. The van der Waals surface area contributed by atoms with Gasteiger partial charge in [-0.1, -0.05) is 42.5 Å². The van der Waals surface area contributed by atoms with Crippen molar-refractivity contribution >= 4 is 16.5 Å². The lowest BCUT2D eigenvalue weighted by atomic mass is 9.93. The summed E-state index contributed by atoms with van der Waals surface area (Å²) in [7, 11) is 0. The summed E-state index contributed by atoms with van der Waals surface area (Å²) in [5.41, 5.74) is 4.60. The lowest BCUT2D eigenvalue weighted by Crippen LogP contribution is -2.03. The van der Waals surface area contributed by atoms with Crippen LogP contribution in [0.3, 0.4) is 0 Å². The van der Waals surface area contributed by atoms with Crippen molar-refractivity contribution < 1.29 is 10.0 Å². The Hall–Kier alpha value is -2.72. The maximum Gasteiger partial charge on any atom is 0.272 e. The first kappa shape index (κ1) is 14.8. The van der Waals surface area contributed by atoms with Crippen molar-refractivity contribution in [3.8, 4) is 0 Å². The number of rotatable bonds is 3. The van der Waals surface area contributed by atoms with E-state index >= 15 is 0 Å². The van der Waals surface area contributed by atoms with E-state index in [1.54, 1.807) is 19.1 Å². The first-order chi connectivity index (χ1) is 11.6. The predicted octanol–water partition coefficient (Wildman–Crippen LogP) is 4.24. The molecule has 0 spiro atoms. The maximum absolute atomic E-state index is 11.2. The Bertz CT molecular complexity index is 968. The Morgan fingerprint density at radius 3 is 2.58 bits per heavy atom. The zero-order chi connectivity index (χ0) is 16.8. The summed E-state index contributed by atoms with van der Waals surface area (Å²) in [6, 6.07) is 15.1. The van der Waals surface area contributed by atoms with Crippen LogP contribution in [0.5, 0.6) is 0 Å². The van der Waals surface area contributed by atoms with E-state index < -0.39 is 11.0 Å². The number of aliphatic hydroxyl groups excluding tert-OH is 1. The molecule has 120 valence electrons. The van der Waals surface area contributed by atoms with Gasteiger partial charge in [-0.05, 0) is 52.8 Å². The number of hydrogen-bond donors (Lipinski definition) is 1. The van der Waals surface area contributed by atoms with Crippen molar-refractivity contribution in [3.63, 3.8) is 0 Å². The number of nitro groups is 1. The van der Waals surface area contributed by atoms with Crippen LogP contribution in [-0.4, -0.2) is 10.0 Å². The third-order valence-corrected chi connectivity index (χ3v) is 4.95. The molecule has 0 heterocycles. The first-order valence-electron chi connectivity index (χ1n) is 8.02. The van der Waals surface area contributed by atoms with E-state index in [4.69, 9.17) is 0 Å². The van der Waals surface area contributed by atoms with Crippen LogP contribution >= 0.6 is 0 Å². The van der Waals surface area contributed by atoms with Gasteiger partial charge in [0.2, 0.25) is 0 Å². The van der Waals surface area contributed by atoms with Crippen molar-refractivity contribution in [2.45, 2.75) is 25.9 Å². The van der Waals surface area contributed by atoms with E-state index in [0.29, 0.717) is 11.1 Å². The monoisotopic (exact) mass is 319 g/mol. The van der Waals surface area contributed by atoms with Crippen LogP contribution < -0.4 is 0 Å². The summed E-state index contributed by atoms with van der Waals surface area (Å²) in [4.78, 5) is 10.8. The smallest absolute Gasteiger partial charge is 0.272 e. The van der Waals surface area contributed by atoms with Crippen LogP contribution in [0, 0.1) is 17.0 Å². The third kappa shape index (κ3) is 2.19. The van der Waals surface area contributed by atoms with Gasteiger partial charge in [-0.2, -0.15) is 0 Å². The average molecular weight is 319 g/mol. The maximum atomic E-state index is 11.2. The summed E-state index contributed by atoms with van der Waals surface area (Å²) < 4.78 is 0. The van der Waals surface area contributed by atoms with Gasteiger partial charge in [0, 0.05) is 11.6 Å². The molecule has 0 aliphatic heterocycles. The highest BCUT2D eigenvalue weighted by Gasteiger charge is 2.21. The molecule has 0 aromatic heterocycles. The molecule has 0 bridgehead atoms. The molecule has 1 aliphatic rings. The Labute approximate surface area is 139 Å².